The van der Waals surface area contributed by atoms with Gasteiger partial charge < -0.3 is 15.5 Å². The fraction of sp³-hybridized carbons (Fsp3) is 0.650. The predicted octanol–water partition coefficient (Wildman–Crippen LogP) is 3.01. The molecule has 2 N–H and O–H groups in total. The Hall–Kier alpha value is -1.38. The average Bonchev–Trinajstić information content (AvgIpc) is 3.10. The van der Waals surface area contributed by atoms with Gasteiger partial charge in [-0.25, -0.2) is 0 Å². The molecule has 7 heteroatoms. The molecule has 27 heavy (non-hydrogen) atoms. The minimum Gasteiger partial charge on any atom is -0.357 e. The summed E-state index contributed by atoms with van der Waals surface area (Å²) >= 11 is 0. The maximum absolute atomic E-state index is 11.9. The van der Waals surface area contributed by atoms with Gasteiger partial charge in [-0.05, 0) is 30.9 Å². The van der Waals surface area contributed by atoms with Crippen molar-refractivity contribution in [1.82, 2.24) is 20.5 Å². The van der Waals surface area contributed by atoms with Gasteiger partial charge in [0.25, 0.3) is 0 Å². The molecule has 0 saturated carbocycles. The highest BCUT2D eigenvalue weighted by molar-refractivity contribution is 14.0. The van der Waals surface area contributed by atoms with Crippen LogP contribution in [0.25, 0.3) is 0 Å². The normalized spacial score (nSPS) is 18.2. The summed E-state index contributed by atoms with van der Waals surface area (Å²) in [6, 6.07) is 4.37. The standard InChI is InChI=1S/C20H33N5O.HI/c1-5-19(26)25-11-9-17(14-25)24-20(22-6-2)23-13-18(15(3)4)16-8-7-10-21-12-16;/h7-8,10,12,15,17-18H,5-6,9,11,13-14H2,1-4H3,(H2,22,23,24);1H. The van der Waals surface area contributed by atoms with Gasteiger partial charge in [-0.3, -0.25) is 14.8 Å². The van der Waals surface area contributed by atoms with Crippen LogP contribution >= 0.6 is 24.0 Å². The third kappa shape index (κ3) is 7.27. The van der Waals surface area contributed by atoms with E-state index >= 15 is 0 Å². The molecular weight excluding hydrogens is 453 g/mol. The number of rotatable bonds is 7. The summed E-state index contributed by atoms with van der Waals surface area (Å²) < 4.78 is 0. The van der Waals surface area contributed by atoms with Crippen molar-refractivity contribution in [3.05, 3.63) is 30.1 Å². The zero-order valence-electron chi connectivity index (χ0n) is 16.9. The van der Waals surface area contributed by atoms with Gasteiger partial charge in [-0.1, -0.05) is 26.8 Å². The lowest BCUT2D eigenvalue weighted by Crippen LogP contribution is -2.45. The first kappa shape index (κ1) is 23.7. The van der Waals surface area contributed by atoms with Crippen LogP contribution in [0, 0.1) is 5.92 Å². The number of nitrogens with one attached hydrogen (secondary N) is 2. The second-order valence-electron chi connectivity index (χ2n) is 7.18. The molecule has 1 saturated heterocycles. The molecule has 1 aliphatic rings. The molecule has 152 valence electrons. The second kappa shape index (κ2) is 12.2. The van der Waals surface area contributed by atoms with E-state index in [1.165, 1.54) is 5.56 Å². The van der Waals surface area contributed by atoms with Crippen molar-refractivity contribution in [3.8, 4) is 0 Å². The highest BCUT2D eigenvalue weighted by atomic mass is 127. The molecule has 1 aromatic heterocycles. The number of nitrogens with zero attached hydrogens (tertiary/aromatic N) is 3. The Balaban J connectivity index is 0.00000364. The van der Waals surface area contributed by atoms with E-state index in [-0.39, 0.29) is 35.9 Å². The van der Waals surface area contributed by atoms with Crippen molar-refractivity contribution in [3.63, 3.8) is 0 Å². The van der Waals surface area contributed by atoms with Crippen molar-refractivity contribution in [2.45, 2.75) is 52.5 Å². The molecule has 2 atom stereocenters. The van der Waals surface area contributed by atoms with E-state index in [2.05, 4.69) is 42.5 Å². The topological polar surface area (TPSA) is 69.6 Å². The van der Waals surface area contributed by atoms with Crippen molar-refractivity contribution < 1.29 is 4.79 Å². The lowest BCUT2D eigenvalue weighted by molar-refractivity contribution is -0.129. The Morgan fingerprint density at radius 1 is 1.41 bits per heavy atom. The number of aromatic nitrogens is 1. The maximum atomic E-state index is 11.9. The van der Waals surface area contributed by atoms with E-state index in [0.717, 1.165) is 32.0 Å². The molecule has 1 aromatic rings. The zero-order chi connectivity index (χ0) is 18.9. The molecular formula is C20H34IN5O. The number of carbonyl (C=O) groups excluding carboxylic acids is 1. The van der Waals surface area contributed by atoms with Crippen LogP contribution in [0.3, 0.4) is 0 Å². The number of amides is 1. The van der Waals surface area contributed by atoms with Crippen LogP contribution in [0.1, 0.15) is 52.0 Å². The van der Waals surface area contributed by atoms with Gasteiger partial charge in [0.15, 0.2) is 5.96 Å². The highest BCUT2D eigenvalue weighted by Gasteiger charge is 2.26. The zero-order valence-corrected chi connectivity index (χ0v) is 19.3. The summed E-state index contributed by atoms with van der Waals surface area (Å²) in [5.41, 5.74) is 1.22. The van der Waals surface area contributed by atoms with Crippen LogP contribution in [0.2, 0.25) is 0 Å². The highest BCUT2D eigenvalue weighted by Crippen LogP contribution is 2.24. The Labute approximate surface area is 180 Å². The first-order valence-corrected chi connectivity index (χ1v) is 9.77. The van der Waals surface area contributed by atoms with Crippen LogP contribution in [0.15, 0.2) is 29.5 Å². The number of halogens is 1. The van der Waals surface area contributed by atoms with E-state index in [1.807, 2.05) is 24.1 Å². The van der Waals surface area contributed by atoms with Crippen LogP contribution in [-0.2, 0) is 4.79 Å². The SMILES string of the molecule is CCNC(=NCC(c1cccnc1)C(C)C)NC1CCN(C(=O)CC)C1.I. The van der Waals surface area contributed by atoms with Gasteiger partial charge in [-0.2, -0.15) is 0 Å². The fourth-order valence-electron chi connectivity index (χ4n) is 3.33. The number of hydrogen-bond donors (Lipinski definition) is 2. The van der Waals surface area contributed by atoms with Crippen LogP contribution in [0.4, 0.5) is 0 Å². The number of pyridine rings is 1. The van der Waals surface area contributed by atoms with E-state index in [1.54, 1.807) is 6.20 Å². The van der Waals surface area contributed by atoms with Crippen LogP contribution in [-0.4, -0.2) is 54.0 Å². The molecule has 2 heterocycles. The van der Waals surface area contributed by atoms with E-state index in [0.29, 0.717) is 24.8 Å². The number of aliphatic imine (C=N–C) groups is 1. The lowest BCUT2D eigenvalue weighted by Gasteiger charge is -2.22. The Kier molecular flexibility index (Phi) is 10.6. The average molecular weight is 487 g/mol. The molecule has 0 aliphatic carbocycles. The molecule has 1 amide bonds. The van der Waals surface area contributed by atoms with E-state index in [9.17, 15) is 4.79 Å². The summed E-state index contributed by atoms with van der Waals surface area (Å²) in [4.78, 5) is 22.9. The summed E-state index contributed by atoms with van der Waals surface area (Å²) in [5.74, 6) is 1.88. The van der Waals surface area contributed by atoms with Gasteiger partial charge in [0.1, 0.15) is 0 Å². The van der Waals surface area contributed by atoms with Crippen LogP contribution in [0.5, 0.6) is 0 Å². The first-order chi connectivity index (χ1) is 12.5. The molecule has 0 radical (unpaired) electrons. The van der Waals surface area contributed by atoms with Gasteiger partial charge in [-0.15, -0.1) is 24.0 Å². The second-order valence-corrected chi connectivity index (χ2v) is 7.18. The third-order valence-electron chi connectivity index (χ3n) is 4.89. The Morgan fingerprint density at radius 3 is 2.78 bits per heavy atom. The smallest absolute Gasteiger partial charge is 0.222 e. The molecule has 0 bridgehead atoms. The number of guanidine groups is 1. The van der Waals surface area contributed by atoms with Crippen molar-refractivity contribution in [2.24, 2.45) is 10.9 Å². The van der Waals surface area contributed by atoms with Gasteiger partial charge in [0.05, 0.1) is 0 Å². The molecule has 2 rings (SSSR count). The summed E-state index contributed by atoms with van der Waals surface area (Å²) in [6.45, 7) is 11.5. The van der Waals surface area contributed by atoms with E-state index < -0.39 is 0 Å². The monoisotopic (exact) mass is 487 g/mol. The number of likely N-dealkylation sites (tertiary alicyclic amines) is 1. The largest absolute Gasteiger partial charge is 0.357 e. The Bertz CT molecular complexity index is 593. The molecule has 1 aliphatic heterocycles. The summed E-state index contributed by atoms with van der Waals surface area (Å²) in [7, 11) is 0. The minimum absolute atomic E-state index is 0. The maximum Gasteiger partial charge on any atom is 0.222 e. The van der Waals surface area contributed by atoms with Crippen molar-refractivity contribution >= 4 is 35.8 Å². The van der Waals surface area contributed by atoms with Crippen molar-refractivity contribution in [2.75, 3.05) is 26.2 Å². The lowest BCUT2D eigenvalue weighted by atomic mass is 9.89. The van der Waals surface area contributed by atoms with Gasteiger partial charge in [0.2, 0.25) is 5.91 Å². The molecule has 0 spiro atoms. The summed E-state index contributed by atoms with van der Waals surface area (Å²) in [5, 5.41) is 6.83. The number of hydrogen-bond acceptors (Lipinski definition) is 3. The Morgan fingerprint density at radius 2 is 2.19 bits per heavy atom. The van der Waals surface area contributed by atoms with Crippen LogP contribution < -0.4 is 10.6 Å². The fourth-order valence-corrected chi connectivity index (χ4v) is 3.33. The molecule has 2 unspecified atom stereocenters. The number of carbonyl (C=O) groups is 1. The molecule has 0 aromatic carbocycles. The van der Waals surface area contributed by atoms with Gasteiger partial charge in [0, 0.05) is 57.0 Å². The van der Waals surface area contributed by atoms with E-state index in [4.69, 9.17) is 4.99 Å². The van der Waals surface area contributed by atoms with Crippen molar-refractivity contribution in [1.29, 1.82) is 0 Å². The first-order valence-electron chi connectivity index (χ1n) is 9.77. The predicted molar refractivity (Wildman–Crippen MR) is 122 cm³/mol. The molecule has 6 nitrogen and oxygen atoms in total. The molecule has 1 fully saturated rings. The minimum atomic E-state index is 0. The summed E-state index contributed by atoms with van der Waals surface area (Å²) in [6.07, 6.45) is 5.28. The third-order valence-corrected chi connectivity index (χ3v) is 4.89. The van der Waals surface area contributed by atoms with Gasteiger partial charge >= 0.3 is 0 Å². The quantitative estimate of drug-likeness (QED) is 0.353.